The number of nitrogens with zero attached hydrogens (tertiary/aromatic N) is 2. The number of piperidine rings is 1. The molecule has 3 aromatic rings. The second kappa shape index (κ2) is 8.28. The molecular formula is C23H24FN3O3. The van der Waals surface area contributed by atoms with Crippen molar-refractivity contribution in [3.05, 3.63) is 75.8 Å². The van der Waals surface area contributed by atoms with Crippen LogP contribution >= 0.6 is 0 Å². The second-order valence-corrected chi connectivity index (χ2v) is 7.56. The molecule has 1 fully saturated rings. The molecule has 1 aromatic heterocycles. The zero-order valence-corrected chi connectivity index (χ0v) is 16.8. The van der Waals surface area contributed by atoms with Gasteiger partial charge in [0.25, 0.3) is 11.5 Å². The molecular weight excluding hydrogens is 385 g/mol. The van der Waals surface area contributed by atoms with Crippen molar-refractivity contribution < 1.29 is 13.9 Å². The van der Waals surface area contributed by atoms with Crippen LogP contribution in [0.2, 0.25) is 0 Å². The highest BCUT2D eigenvalue weighted by Crippen LogP contribution is 2.31. The topological polar surface area (TPSA) is 77.6 Å². The predicted molar refractivity (Wildman–Crippen MR) is 114 cm³/mol. The Morgan fingerprint density at radius 3 is 2.50 bits per heavy atom. The van der Waals surface area contributed by atoms with Crippen LogP contribution in [0.15, 0.2) is 53.3 Å². The maximum absolute atomic E-state index is 13.8. The van der Waals surface area contributed by atoms with Crippen LogP contribution in [0.25, 0.3) is 10.9 Å². The summed E-state index contributed by atoms with van der Waals surface area (Å²) < 4.78 is 21.2. The minimum absolute atomic E-state index is 0.0157. The molecule has 156 valence electrons. The van der Waals surface area contributed by atoms with Crippen molar-refractivity contribution in [2.45, 2.75) is 25.6 Å². The number of anilines is 1. The van der Waals surface area contributed by atoms with E-state index < -0.39 is 11.5 Å². The average Bonchev–Trinajstić information content (AvgIpc) is 2.76. The first-order chi connectivity index (χ1) is 14.5. The molecule has 1 aliphatic rings. The Morgan fingerprint density at radius 1 is 1.13 bits per heavy atom. The number of rotatable bonds is 5. The number of primary amides is 1. The average molecular weight is 409 g/mol. The van der Waals surface area contributed by atoms with E-state index in [0.717, 1.165) is 10.9 Å². The monoisotopic (exact) mass is 409 g/mol. The van der Waals surface area contributed by atoms with Crippen molar-refractivity contribution in [2.75, 3.05) is 18.0 Å². The number of pyridine rings is 1. The summed E-state index contributed by atoms with van der Waals surface area (Å²) in [5.74, 6) is -0.998. The number of para-hydroxylation sites is 1. The number of benzene rings is 2. The molecule has 2 aromatic carbocycles. The molecule has 1 saturated heterocycles. The van der Waals surface area contributed by atoms with Gasteiger partial charge in [-0.15, -0.1) is 0 Å². The Balaban J connectivity index is 1.57. The van der Waals surface area contributed by atoms with Gasteiger partial charge in [-0.2, -0.15) is 0 Å². The highest BCUT2D eigenvalue weighted by Gasteiger charge is 2.27. The number of fused-ring (bicyclic) bond motifs is 1. The molecule has 0 saturated carbocycles. The number of carbonyl (C=O) groups excluding carboxylic acids is 1. The van der Waals surface area contributed by atoms with Crippen LogP contribution in [0.4, 0.5) is 10.1 Å². The first-order valence-electron chi connectivity index (χ1n) is 9.99. The lowest BCUT2D eigenvalue weighted by atomic mass is 10.0. The molecule has 30 heavy (non-hydrogen) atoms. The Morgan fingerprint density at radius 2 is 1.80 bits per heavy atom. The van der Waals surface area contributed by atoms with Crippen molar-refractivity contribution in [3.8, 4) is 0 Å². The van der Waals surface area contributed by atoms with Crippen molar-refractivity contribution in [3.63, 3.8) is 0 Å². The summed E-state index contributed by atoms with van der Waals surface area (Å²) in [5.41, 5.74) is 7.10. The fourth-order valence-electron chi connectivity index (χ4n) is 4.10. The van der Waals surface area contributed by atoms with Crippen molar-refractivity contribution >= 4 is 22.5 Å². The molecule has 6 nitrogen and oxygen atoms in total. The minimum Gasteiger partial charge on any atom is -0.373 e. The smallest absolute Gasteiger partial charge is 0.265 e. The van der Waals surface area contributed by atoms with E-state index in [4.69, 9.17) is 10.5 Å². The molecule has 4 rings (SSSR count). The van der Waals surface area contributed by atoms with Crippen LogP contribution in [-0.2, 0) is 18.4 Å². The number of carbonyl (C=O) groups is 1. The molecule has 0 atom stereocenters. The van der Waals surface area contributed by atoms with E-state index in [-0.39, 0.29) is 24.1 Å². The second-order valence-electron chi connectivity index (χ2n) is 7.56. The van der Waals surface area contributed by atoms with Crippen molar-refractivity contribution in [1.82, 2.24) is 4.57 Å². The van der Waals surface area contributed by atoms with E-state index in [1.165, 1.54) is 10.6 Å². The number of nitrogens with two attached hydrogens (primary N) is 1. The van der Waals surface area contributed by atoms with Gasteiger partial charge in [0.2, 0.25) is 0 Å². The van der Waals surface area contributed by atoms with E-state index in [0.29, 0.717) is 37.2 Å². The minimum atomic E-state index is -0.728. The first kappa shape index (κ1) is 20.1. The van der Waals surface area contributed by atoms with Gasteiger partial charge in [0.05, 0.1) is 23.9 Å². The van der Waals surface area contributed by atoms with Gasteiger partial charge in [0.15, 0.2) is 0 Å². The number of halogens is 1. The summed E-state index contributed by atoms with van der Waals surface area (Å²) in [6, 6.07) is 14.1. The molecule has 0 bridgehead atoms. The summed E-state index contributed by atoms with van der Waals surface area (Å²) in [5, 5.41) is 0.819. The SMILES string of the molecule is Cn1c(=O)c(C(N)=O)c(N2CCC(OCc3ccccc3F)CC2)c2ccccc21. The summed E-state index contributed by atoms with van der Waals surface area (Å²) in [6.07, 6.45) is 1.39. The van der Waals surface area contributed by atoms with Crippen molar-refractivity contribution in [1.29, 1.82) is 0 Å². The van der Waals surface area contributed by atoms with E-state index in [1.807, 2.05) is 29.2 Å². The van der Waals surface area contributed by atoms with Crippen LogP contribution in [0.1, 0.15) is 28.8 Å². The van der Waals surface area contributed by atoms with E-state index in [2.05, 4.69) is 0 Å². The maximum atomic E-state index is 13.8. The number of ether oxygens (including phenoxy) is 1. The van der Waals surface area contributed by atoms with E-state index >= 15 is 0 Å². The summed E-state index contributed by atoms with van der Waals surface area (Å²) in [7, 11) is 1.64. The zero-order chi connectivity index (χ0) is 21.3. The molecule has 0 aliphatic carbocycles. The Bertz CT molecular complexity index is 1150. The van der Waals surface area contributed by atoms with Gasteiger partial charge in [-0.25, -0.2) is 4.39 Å². The highest BCUT2D eigenvalue weighted by atomic mass is 19.1. The lowest BCUT2D eigenvalue weighted by Gasteiger charge is -2.35. The van der Waals surface area contributed by atoms with Crippen LogP contribution in [0.5, 0.6) is 0 Å². The van der Waals surface area contributed by atoms with E-state index in [1.54, 1.807) is 25.2 Å². The van der Waals surface area contributed by atoms with Crippen LogP contribution in [-0.4, -0.2) is 29.7 Å². The summed E-state index contributed by atoms with van der Waals surface area (Å²) >= 11 is 0. The fraction of sp³-hybridized carbons (Fsp3) is 0.304. The summed E-state index contributed by atoms with van der Waals surface area (Å²) in [6.45, 7) is 1.44. The largest absolute Gasteiger partial charge is 0.373 e. The van der Waals surface area contributed by atoms with Gasteiger partial charge in [-0.1, -0.05) is 36.4 Å². The third kappa shape index (κ3) is 3.68. The Labute approximate surface area is 173 Å². The number of hydrogen-bond donors (Lipinski definition) is 1. The Kier molecular flexibility index (Phi) is 5.55. The van der Waals surface area contributed by atoms with Gasteiger partial charge in [-0.05, 0) is 25.0 Å². The molecule has 1 aliphatic heterocycles. The van der Waals surface area contributed by atoms with Gasteiger partial charge in [-0.3, -0.25) is 9.59 Å². The fourth-order valence-corrected chi connectivity index (χ4v) is 4.10. The quantitative estimate of drug-likeness (QED) is 0.703. The third-order valence-corrected chi connectivity index (χ3v) is 5.71. The third-order valence-electron chi connectivity index (χ3n) is 5.71. The molecule has 0 unspecified atom stereocenters. The number of amides is 1. The highest BCUT2D eigenvalue weighted by molar-refractivity contribution is 6.06. The number of aromatic nitrogens is 1. The van der Waals surface area contributed by atoms with Gasteiger partial charge in [0.1, 0.15) is 11.4 Å². The normalized spacial score (nSPS) is 14.9. The van der Waals surface area contributed by atoms with Gasteiger partial charge < -0.3 is 19.9 Å². The van der Waals surface area contributed by atoms with Crippen LogP contribution in [0, 0.1) is 5.82 Å². The standard InChI is InChI=1S/C23H24FN3O3/c1-26-19-9-5-3-7-17(19)21(20(22(25)28)23(26)29)27-12-10-16(11-13-27)30-14-15-6-2-4-8-18(15)24/h2-9,16H,10-14H2,1H3,(H2,25,28). The number of aryl methyl sites for hydroxylation is 1. The lowest BCUT2D eigenvalue weighted by Crippen LogP contribution is -2.40. The molecule has 0 radical (unpaired) electrons. The Hall–Kier alpha value is -3.19. The van der Waals surface area contributed by atoms with Crippen LogP contribution in [0.3, 0.4) is 0 Å². The van der Waals surface area contributed by atoms with Gasteiger partial charge in [0, 0.05) is 31.1 Å². The van der Waals surface area contributed by atoms with Crippen LogP contribution < -0.4 is 16.2 Å². The molecule has 7 heteroatoms. The first-order valence-corrected chi connectivity index (χ1v) is 9.99. The number of hydrogen-bond acceptors (Lipinski definition) is 4. The molecule has 2 N–H and O–H groups in total. The predicted octanol–water partition coefficient (Wildman–Crippen LogP) is 2.96. The van der Waals surface area contributed by atoms with Crippen molar-refractivity contribution in [2.24, 2.45) is 12.8 Å². The van der Waals surface area contributed by atoms with Gasteiger partial charge >= 0.3 is 0 Å². The zero-order valence-electron chi connectivity index (χ0n) is 16.8. The molecule has 0 spiro atoms. The maximum Gasteiger partial charge on any atom is 0.265 e. The lowest BCUT2D eigenvalue weighted by molar-refractivity contribution is 0.0238. The molecule has 1 amide bonds. The van der Waals surface area contributed by atoms with E-state index in [9.17, 15) is 14.0 Å². The molecule has 2 heterocycles. The summed E-state index contributed by atoms with van der Waals surface area (Å²) in [4.78, 5) is 27.0.